The third kappa shape index (κ3) is 3.94. The van der Waals surface area contributed by atoms with Crippen LogP contribution in [0, 0.1) is 0 Å². The molecule has 6 nitrogen and oxygen atoms in total. The van der Waals surface area contributed by atoms with Gasteiger partial charge < -0.3 is 9.30 Å². The molecule has 0 saturated carbocycles. The third-order valence-electron chi connectivity index (χ3n) is 4.57. The van der Waals surface area contributed by atoms with Gasteiger partial charge in [-0.3, -0.25) is 19.5 Å². The number of pyridine rings is 1. The number of carbonyl (C=O) groups is 2. The fraction of sp³-hybridized carbons (Fsp3) is 0.143. The number of amides is 1. The summed E-state index contributed by atoms with van der Waals surface area (Å²) in [5, 5.41) is 0.953. The maximum atomic E-state index is 12.9. The lowest BCUT2D eigenvalue weighted by molar-refractivity contribution is -0.141. The molecular weight excluding hydrogens is 406 g/mol. The van der Waals surface area contributed by atoms with E-state index in [-0.39, 0.29) is 18.4 Å². The Labute approximate surface area is 177 Å². The van der Waals surface area contributed by atoms with Crippen molar-refractivity contribution >= 4 is 57.2 Å². The summed E-state index contributed by atoms with van der Waals surface area (Å²) < 4.78 is 7.13. The van der Waals surface area contributed by atoms with Gasteiger partial charge in [-0.15, -0.1) is 0 Å². The predicted molar refractivity (Wildman–Crippen MR) is 117 cm³/mol. The number of nitrogens with zero attached hydrogens (tertiary/aromatic N) is 3. The SMILES string of the molecule is COC(=O)Cn1cc(/C=C2\SC(=S)N(Cc3cccnc3)C2=O)c2ccccc21. The highest BCUT2D eigenvalue weighted by molar-refractivity contribution is 8.26. The van der Waals surface area contributed by atoms with Crippen LogP contribution in [-0.2, 0) is 27.4 Å². The van der Waals surface area contributed by atoms with Gasteiger partial charge in [-0.1, -0.05) is 48.2 Å². The van der Waals surface area contributed by atoms with Crippen LogP contribution in [0.25, 0.3) is 17.0 Å². The summed E-state index contributed by atoms with van der Waals surface area (Å²) in [5.74, 6) is -0.464. The van der Waals surface area contributed by atoms with Gasteiger partial charge in [0.25, 0.3) is 5.91 Å². The molecule has 2 aromatic heterocycles. The molecule has 1 fully saturated rings. The van der Waals surface area contributed by atoms with Crippen molar-refractivity contribution in [1.82, 2.24) is 14.5 Å². The molecule has 1 aliphatic rings. The van der Waals surface area contributed by atoms with Gasteiger partial charge in [0, 0.05) is 35.1 Å². The average Bonchev–Trinajstić information content (AvgIpc) is 3.21. The minimum Gasteiger partial charge on any atom is -0.468 e. The van der Waals surface area contributed by atoms with E-state index in [0.29, 0.717) is 15.8 Å². The number of carbonyl (C=O) groups excluding carboxylic acids is 2. The number of hydrogen-bond donors (Lipinski definition) is 0. The Morgan fingerprint density at radius 2 is 2.10 bits per heavy atom. The lowest BCUT2D eigenvalue weighted by Gasteiger charge is -2.13. The first-order valence-electron chi connectivity index (χ1n) is 8.86. The zero-order valence-corrected chi connectivity index (χ0v) is 17.2. The first-order chi connectivity index (χ1) is 14.1. The Kier molecular flexibility index (Phi) is 5.46. The summed E-state index contributed by atoms with van der Waals surface area (Å²) >= 11 is 6.70. The first-order valence-corrected chi connectivity index (χ1v) is 10.1. The van der Waals surface area contributed by atoms with Gasteiger partial charge in [-0.05, 0) is 23.8 Å². The second kappa shape index (κ2) is 8.18. The van der Waals surface area contributed by atoms with Crippen molar-refractivity contribution in [3.63, 3.8) is 0 Å². The number of hydrogen-bond acceptors (Lipinski definition) is 6. The summed E-state index contributed by atoms with van der Waals surface area (Å²) in [7, 11) is 1.36. The molecule has 0 aliphatic carbocycles. The molecule has 1 amide bonds. The Balaban J connectivity index is 1.66. The standard InChI is InChI=1S/C21H17N3O3S2/c1-27-19(25)13-23-12-15(16-6-2-3-7-17(16)23)9-18-20(26)24(21(28)29-18)11-14-5-4-8-22-10-14/h2-10,12H,11,13H2,1H3/b18-9-. The maximum absolute atomic E-state index is 12.9. The van der Waals surface area contributed by atoms with Crippen molar-refractivity contribution in [3.05, 3.63) is 71.0 Å². The van der Waals surface area contributed by atoms with E-state index in [1.54, 1.807) is 17.3 Å². The van der Waals surface area contributed by atoms with Gasteiger partial charge in [0.05, 0.1) is 18.6 Å². The predicted octanol–water partition coefficient (Wildman–Crippen LogP) is 3.61. The lowest BCUT2D eigenvalue weighted by atomic mass is 10.1. The minimum atomic E-state index is -0.333. The monoisotopic (exact) mass is 423 g/mol. The van der Waals surface area contributed by atoms with Crippen LogP contribution < -0.4 is 0 Å². The van der Waals surface area contributed by atoms with Crippen LogP contribution in [-0.4, -0.2) is 37.8 Å². The van der Waals surface area contributed by atoms with Crippen molar-refractivity contribution in [3.8, 4) is 0 Å². The molecule has 3 heterocycles. The Hall–Kier alpha value is -2.97. The topological polar surface area (TPSA) is 64.4 Å². The Bertz CT molecular complexity index is 1140. The molecule has 1 aromatic carbocycles. The van der Waals surface area contributed by atoms with Crippen molar-refractivity contribution in [2.24, 2.45) is 0 Å². The number of esters is 1. The summed E-state index contributed by atoms with van der Waals surface area (Å²) in [5.41, 5.74) is 2.67. The Morgan fingerprint density at radius 1 is 1.28 bits per heavy atom. The molecule has 3 aromatic rings. The molecule has 0 radical (unpaired) electrons. The molecule has 1 aliphatic heterocycles. The van der Waals surface area contributed by atoms with Gasteiger partial charge in [-0.25, -0.2) is 0 Å². The van der Waals surface area contributed by atoms with Crippen LogP contribution in [0.1, 0.15) is 11.1 Å². The van der Waals surface area contributed by atoms with Gasteiger partial charge in [0.15, 0.2) is 0 Å². The summed E-state index contributed by atoms with van der Waals surface area (Å²) in [6, 6.07) is 11.5. The van der Waals surface area contributed by atoms with Gasteiger partial charge in [0.2, 0.25) is 0 Å². The van der Waals surface area contributed by atoms with E-state index in [0.717, 1.165) is 22.0 Å². The Morgan fingerprint density at radius 3 is 2.86 bits per heavy atom. The molecule has 0 N–H and O–H groups in total. The normalized spacial score (nSPS) is 15.5. The fourth-order valence-corrected chi connectivity index (χ4v) is 4.42. The van der Waals surface area contributed by atoms with Crippen LogP contribution in [0.4, 0.5) is 0 Å². The van der Waals surface area contributed by atoms with E-state index in [4.69, 9.17) is 17.0 Å². The highest BCUT2D eigenvalue weighted by Gasteiger charge is 2.32. The fourth-order valence-electron chi connectivity index (χ4n) is 3.18. The van der Waals surface area contributed by atoms with Crippen molar-refractivity contribution < 1.29 is 14.3 Å². The van der Waals surface area contributed by atoms with Crippen LogP contribution in [0.3, 0.4) is 0 Å². The van der Waals surface area contributed by atoms with Crippen LogP contribution >= 0.6 is 24.0 Å². The quantitative estimate of drug-likeness (QED) is 0.355. The average molecular weight is 424 g/mol. The number of thioether (sulfide) groups is 1. The van der Waals surface area contributed by atoms with Crippen molar-refractivity contribution in [1.29, 1.82) is 0 Å². The molecule has 29 heavy (non-hydrogen) atoms. The molecule has 0 atom stereocenters. The third-order valence-corrected chi connectivity index (χ3v) is 5.95. The lowest BCUT2D eigenvalue weighted by Crippen LogP contribution is -2.27. The van der Waals surface area contributed by atoms with E-state index >= 15 is 0 Å². The number of rotatable bonds is 5. The first kappa shape index (κ1) is 19.4. The van der Waals surface area contributed by atoms with Crippen molar-refractivity contribution in [2.45, 2.75) is 13.1 Å². The van der Waals surface area contributed by atoms with E-state index in [1.165, 1.54) is 18.9 Å². The second-order valence-electron chi connectivity index (χ2n) is 6.43. The largest absolute Gasteiger partial charge is 0.468 e. The number of para-hydroxylation sites is 1. The van der Waals surface area contributed by atoms with Gasteiger partial charge in [-0.2, -0.15) is 0 Å². The van der Waals surface area contributed by atoms with Crippen LogP contribution in [0.15, 0.2) is 59.9 Å². The van der Waals surface area contributed by atoms with E-state index in [9.17, 15) is 9.59 Å². The molecule has 8 heteroatoms. The van der Waals surface area contributed by atoms with Crippen LogP contribution in [0.2, 0.25) is 0 Å². The number of ether oxygens (including phenoxy) is 1. The number of methoxy groups -OCH3 is 1. The van der Waals surface area contributed by atoms with E-state index in [2.05, 4.69) is 4.98 Å². The molecule has 1 saturated heterocycles. The van der Waals surface area contributed by atoms with Crippen LogP contribution in [0.5, 0.6) is 0 Å². The zero-order chi connectivity index (χ0) is 20.4. The molecule has 0 unspecified atom stereocenters. The zero-order valence-electron chi connectivity index (χ0n) is 15.6. The summed E-state index contributed by atoms with van der Waals surface area (Å²) in [6.07, 6.45) is 7.11. The number of aromatic nitrogens is 2. The van der Waals surface area contributed by atoms with E-state index in [1.807, 2.05) is 53.2 Å². The molecule has 0 spiro atoms. The number of fused-ring (bicyclic) bond motifs is 1. The highest BCUT2D eigenvalue weighted by Crippen LogP contribution is 2.35. The van der Waals surface area contributed by atoms with E-state index < -0.39 is 0 Å². The smallest absolute Gasteiger partial charge is 0.325 e. The maximum Gasteiger partial charge on any atom is 0.325 e. The molecule has 4 rings (SSSR count). The molecule has 146 valence electrons. The number of benzene rings is 1. The number of thiocarbonyl (C=S) groups is 1. The summed E-state index contributed by atoms with van der Waals surface area (Å²) in [4.78, 5) is 30.9. The summed E-state index contributed by atoms with van der Waals surface area (Å²) in [6.45, 7) is 0.493. The minimum absolute atomic E-state index is 0.104. The second-order valence-corrected chi connectivity index (χ2v) is 8.11. The highest BCUT2D eigenvalue weighted by atomic mass is 32.2. The molecule has 0 bridgehead atoms. The molecular formula is C21H17N3O3S2. The van der Waals surface area contributed by atoms with Crippen molar-refractivity contribution in [2.75, 3.05) is 7.11 Å². The van der Waals surface area contributed by atoms with Gasteiger partial charge >= 0.3 is 5.97 Å². The van der Waals surface area contributed by atoms with Gasteiger partial charge in [0.1, 0.15) is 10.9 Å².